The van der Waals surface area contributed by atoms with Gasteiger partial charge in [0, 0.05) is 5.02 Å². The van der Waals surface area contributed by atoms with Crippen LogP contribution < -0.4 is 9.47 Å². The van der Waals surface area contributed by atoms with Crippen molar-refractivity contribution in [3.63, 3.8) is 0 Å². The van der Waals surface area contributed by atoms with Gasteiger partial charge in [-0.15, -0.1) is 0 Å². The van der Waals surface area contributed by atoms with Gasteiger partial charge in [0.25, 0.3) is 0 Å². The zero-order valence-electron chi connectivity index (χ0n) is 12.9. The molecule has 0 spiro atoms. The van der Waals surface area contributed by atoms with Crippen LogP contribution >= 0.6 is 23.2 Å². The molecule has 1 aromatic heterocycles. The van der Waals surface area contributed by atoms with E-state index in [-0.39, 0.29) is 5.75 Å². The highest BCUT2D eigenvalue weighted by molar-refractivity contribution is 6.50. The monoisotopic (exact) mass is 364 g/mol. The van der Waals surface area contributed by atoms with E-state index < -0.39 is 0 Å². The molecule has 0 aliphatic carbocycles. The Morgan fingerprint density at radius 2 is 1.83 bits per heavy atom. The van der Waals surface area contributed by atoms with Gasteiger partial charge >= 0.3 is 0 Å². The molecule has 3 aromatic rings. The predicted octanol–water partition coefficient (Wildman–Crippen LogP) is 4.68. The molecule has 124 valence electrons. The lowest BCUT2D eigenvalue weighted by atomic mass is 10.1. The summed E-state index contributed by atoms with van der Waals surface area (Å²) in [4.78, 5) is 7.54. The Balaban J connectivity index is 2.03. The average molecular weight is 365 g/mol. The van der Waals surface area contributed by atoms with Gasteiger partial charge in [0.05, 0.1) is 30.3 Å². The lowest BCUT2D eigenvalue weighted by Crippen LogP contribution is -1.90. The highest BCUT2D eigenvalue weighted by Crippen LogP contribution is 2.38. The zero-order valence-corrected chi connectivity index (χ0v) is 14.4. The van der Waals surface area contributed by atoms with Crippen molar-refractivity contribution >= 4 is 45.3 Å². The van der Waals surface area contributed by atoms with Crippen LogP contribution in [0.15, 0.2) is 30.3 Å². The molecule has 1 heterocycles. The van der Waals surface area contributed by atoms with Crippen molar-refractivity contribution in [2.75, 3.05) is 14.2 Å². The number of hydrogen-bond donors (Lipinski definition) is 2. The Hall–Kier alpha value is -2.37. The standard InChI is InChI=1S/C17H14Cl2N2O3/c1-23-14-6-9(7-15(24-2)16(14)22)5-11(19)17-20-12-4-3-10(18)8-13(12)21-17/h3-8,22H,1-2H3,(H,20,21)/b11-5-. The summed E-state index contributed by atoms with van der Waals surface area (Å²) >= 11 is 12.3. The number of benzene rings is 2. The molecule has 0 atom stereocenters. The topological polar surface area (TPSA) is 67.4 Å². The SMILES string of the molecule is COc1cc(/C=C(\Cl)c2nc3ccc(Cl)cc3[nH]2)cc(OC)c1O. The smallest absolute Gasteiger partial charge is 0.200 e. The molecule has 0 saturated heterocycles. The first kappa shape index (κ1) is 16.5. The molecule has 0 fully saturated rings. The van der Waals surface area contributed by atoms with Crippen LogP contribution in [0.25, 0.3) is 22.1 Å². The number of ether oxygens (including phenoxy) is 2. The van der Waals surface area contributed by atoms with Crippen LogP contribution in [0.1, 0.15) is 11.4 Å². The van der Waals surface area contributed by atoms with Crippen LogP contribution in [-0.4, -0.2) is 29.3 Å². The number of halogens is 2. The average Bonchev–Trinajstić information content (AvgIpc) is 2.99. The number of nitrogens with one attached hydrogen (secondary N) is 1. The normalized spacial score (nSPS) is 11.8. The predicted molar refractivity (Wildman–Crippen MR) is 96.0 cm³/mol. The quantitative estimate of drug-likeness (QED) is 0.705. The largest absolute Gasteiger partial charge is 0.502 e. The van der Waals surface area contributed by atoms with Crippen molar-refractivity contribution in [3.8, 4) is 17.2 Å². The summed E-state index contributed by atoms with van der Waals surface area (Å²) in [6.45, 7) is 0. The fraction of sp³-hybridized carbons (Fsp3) is 0.118. The molecule has 0 aliphatic heterocycles. The number of aromatic hydroxyl groups is 1. The number of H-pyrrole nitrogens is 1. The minimum Gasteiger partial charge on any atom is -0.502 e. The van der Waals surface area contributed by atoms with E-state index in [1.807, 2.05) is 6.07 Å². The molecule has 2 N–H and O–H groups in total. The summed E-state index contributed by atoms with van der Waals surface area (Å²) in [6, 6.07) is 8.67. The van der Waals surface area contributed by atoms with Crippen LogP contribution in [0.2, 0.25) is 5.02 Å². The Morgan fingerprint density at radius 1 is 1.17 bits per heavy atom. The third kappa shape index (κ3) is 3.13. The Kier molecular flexibility index (Phi) is 4.55. The second-order valence-corrected chi connectivity index (χ2v) is 5.86. The highest BCUT2D eigenvalue weighted by Gasteiger charge is 2.12. The number of hydrogen-bond acceptors (Lipinski definition) is 4. The third-order valence-electron chi connectivity index (χ3n) is 3.47. The Morgan fingerprint density at radius 3 is 2.46 bits per heavy atom. The number of imidazole rings is 1. The molecule has 2 aromatic carbocycles. The van der Waals surface area contributed by atoms with Gasteiger partial charge in [-0.05, 0) is 42.0 Å². The van der Waals surface area contributed by atoms with Crippen molar-refractivity contribution in [3.05, 3.63) is 46.7 Å². The van der Waals surface area contributed by atoms with E-state index in [0.717, 1.165) is 11.0 Å². The van der Waals surface area contributed by atoms with Crippen LogP contribution in [0.5, 0.6) is 17.2 Å². The summed E-state index contributed by atoms with van der Waals surface area (Å²) in [5.41, 5.74) is 2.26. The summed E-state index contributed by atoms with van der Waals surface area (Å²) in [5.74, 6) is 1.04. The summed E-state index contributed by atoms with van der Waals surface area (Å²) < 4.78 is 10.3. The third-order valence-corrected chi connectivity index (χ3v) is 3.99. The molecule has 5 nitrogen and oxygen atoms in total. The molecular formula is C17H14Cl2N2O3. The highest BCUT2D eigenvalue weighted by atomic mass is 35.5. The lowest BCUT2D eigenvalue weighted by molar-refractivity contribution is 0.340. The molecule has 0 unspecified atom stereocenters. The number of phenols is 1. The van der Waals surface area contributed by atoms with E-state index in [1.165, 1.54) is 14.2 Å². The molecule has 0 radical (unpaired) electrons. The minimum absolute atomic E-state index is 0.0633. The Labute approximate surface area is 148 Å². The maximum atomic E-state index is 9.95. The number of rotatable bonds is 4. The van der Waals surface area contributed by atoms with Gasteiger partial charge in [-0.3, -0.25) is 0 Å². The van der Waals surface area contributed by atoms with Crippen molar-refractivity contribution < 1.29 is 14.6 Å². The van der Waals surface area contributed by atoms with E-state index in [4.69, 9.17) is 32.7 Å². The summed E-state index contributed by atoms with van der Waals surface area (Å²) in [7, 11) is 2.93. The van der Waals surface area contributed by atoms with Crippen LogP contribution in [0.3, 0.4) is 0 Å². The van der Waals surface area contributed by atoms with Crippen molar-refractivity contribution in [2.24, 2.45) is 0 Å². The maximum absolute atomic E-state index is 9.95. The Bertz CT molecular complexity index is 910. The number of methoxy groups -OCH3 is 2. The number of phenolic OH excluding ortho intramolecular Hbond substituents is 1. The van der Waals surface area contributed by atoms with E-state index in [1.54, 1.807) is 30.3 Å². The number of fused-ring (bicyclic) bond motifs is 1. The van der Waals surface area contributed by atoms with Crippen LogP contribution in [-0.2, 0) is 0 Å². The van der Waals surface area contributed by atoms with E-state index in [0.29, 0.717) is 32.9 Å². The first-order valence-electron chi connectivity index (χ1n) is 6.99. The van der Waals surface area contributed by atoms with Gasteiger partial charge in [0.2, 0.25) is 5.75 Å². The fourth-order valence-electron chi connectivity index (χ4n) is 2.31. The molecule has 3 rings (SSSR count). The fourth-order valence-corrected chi connectivity index (χ4v) is 2.69. The van der Waals surface area contributed by atoms with Crippen LogP contribution in [0, 0.1) is 0 Å². The van der Waals surface area contributed by atoms with Crippen molar-refractivity contribution in [2.45, 2.75) is 0 Å². The van der Waals surface area contributed by atoms with Crippen molar-refractivity contribution in [1.82, 2.24) is 9.97 Å². The second kappa shape index (κ2) is 6.63. The van der Waals surface area contributed by atoms with Gasteiger partial charge < -0.3 is 19.6 Å². The first-order valence-corrected chi connectivity index (χ1v) is 7.75. The molecule has 7 heteroatoms. The molecule has 0 bridgehead atoms. The molecule has 0 amide bonds. The number of aromatic amines is 1. The molecule has 24 heavy (non-hydrogen) atoms. The lowest BCUT2D eigenvalue weighted by Gasteiger charge is -2.09. The minimum atomic E-state index is -0.0633. The van der Waals surface area contributed by atoms with Gasteiger partial charge in [-0.2, -0.15) is 0 Å². The number of aromatic nitrogens is 2. The summed E-state index contributed by atoms with van der Waals surface area (Å²) in [5, 5.41) is 11.0. The molecule has 0 saturated carbocycles. The maximum Gasteiger partial charge on any atom is 0.200 e. The van der Waals surface area contributed by atoms with Gasteiger partial charge in [-0.1, -0.05) is 23.2 Å². The number of nitrogens with zero attached hydrogens (tertiary/aromatic N) is 1. The van der Waals surface area contributed by atoms with Crippen molar-refractivity contribution in [1.29, 1.82) is 0 Å². The van der Waals surface area contributed by atoms with E-state index >= 15 is 0 Å². The second-order valence-electron chi connectivity index (χ2n) is 5.01. The molecular weight excluding hydrogens is 351 g/mol. The van der Waals surface area contributed by atoms with E-state index in [2.05, 4.69) is 9.97 Å². The first-order chi connectivity index (χ1) is 11.5. The van der Waals surface area contributed by atoms with Gasteiger partial charge in [0.1, 0.15) is 5.82 Å². The van der Waals surface area contributed by atoms with E-state index in [9.17, 15) is 5.11 Å². The zero-order chi connectivity index (χ0) is 17.3. The van der Waals surface area contributed by atoms with Gasteiger partial charge in [0.15, 0.2) is 11.5 Å². The molecule has 0 aliphatic rings. The van der Waals surface area contributed by atoms with Gasteiger partial charge in [-0.25, -0.2) is 4.98 Å². The van der Waals surface area contributed by atoms with Crippen LogP contribution in [0.4, 0.5) is 0 Å². The summed E-state index contributed by atoms with van der Waals surface area (Å²) in [6.07, 6.45) is 1.70.